The molecule has 0 radical (unpaired) electrons. The summed E-state index contributed by atoms with van der Waals surface area (Å²) in [6.45, 7) is 5.12. The van der Waals surface area contributed by atoms with E-state index in [0.29, 0.717) is 5.41 Å². The van der Waals surface area contributed by atoms with Crippen molar-refractivity contribution in [2.45, 2.75) is 19.3 Å². The highest BCUT2D eigenvalue weighted by molar-refractivity contribution is 5.64. The minimum Gasteiger partial charge on any atom is -0.381 e. The third-order valence-corrected chi connectivity index (χ3v) is 3.68. The number of likely N-dealkylation sites (tertiary alicyclic amines) is 1. The number of nitrogens with zero attached hydrogens (tertiary/aromatic N) is 1. The Bertz CT molecular complexity index is 234. The predicted octanol–water partition coefficient (Wildman–Crippen LogP) is 1.24. The molecule has 2 aliphatic rings. The maximum Gasteiger partial charge on any atom is 0.142 e. The van der Waals surface area contributed by atoms with Crippen molar-refractivity contribution in [1.29, 1.82) is 0 Å². The maximum atomic E-state index is 10.1. The molecule has 2 fully saturated rings. The molecule has 3 heteroatoms. The molecule has 0 unspecified atom stereocenters. The Hall–Kier alpha value is -0.670. The van der Waals surface area contributed by atoms with Crippen molar-refractivity contribution in [1.82, 2.24) is 4.90 Å². The zero-order valence-electron chi connectivity index (χ0n) is 9.15. The molecule has 0 saturated carbocycles. The molecule has 2 saturated heterocycles. The van der Waals surface area contributed by atoms with Crippen LogP contribution in [0.5, 0.6) is 0 Å². The third kappa shape index (κ3) is 2.67. The average Bonchev–Trinajstić information content (AvgIpc) is 2.71. The summed E-state index contributed by atoms with van der Waals surface area (Å²) >= 11 is 0. The van der Waals surface area contributed by atoms with Crippen LogP contribution in [0.25, 0.3) is 0 Å². The summed E-state index contributed by atoms with van der Waals surface area (Å²) < 4.78 is 5.49. The van der Waals surface area contributed by atoms with Gasteiger partial charge in [-0.2, -0.15) is 0 Å². The van der Waals surface area contributed by atoms with Gasteiger partial charge in [-0.05, 0) is 43.8 Å². The Labute approximate surface area is 91.1 Å². The van der Waals surface area contributed by atoms with Crippen molar-refractivity contribution < 1.29 is 9.53 Å². The van der Waals surface area contributed by atoms with Crippen molar-refractivity contribution in [2.24, 2.45) is 5.41 Å². The first kappa shape index (κ1) is 10.8. The van der Waals surface area contributed by atoms with Crippen LogP contribution in [-0.2, 0) is 9.53 Å². The fourth-order valence-corrected chi connectivity index (χ4v) is 2.52. The SMILES string of the molecule is O=C/C=C/CN1CCC2(CCOC2)CC1. The van der Waals surface area contributed by atoms with Gasteiger partial charge in [-0.25, -0.2) is 0 Å². The number of hydrogen-bond donors (Lipinski definition) is 0. The van der Waals surface area contributed by atoms with Gasteiger partial charge in [-0.3, -0.25) is 9.69 Å². The minimum atomic E-state index is 0.491. The Morgan fingerprint density at radius 1 is 1.27 bits per heavy atom. The largest absolute Gasteiger partial charge is 0.381 e. The molecule has 0 aromatic carbocycles. The number of carbonyl (C=O) groups is 1. The molecule has 1 spiro atoms. The van der Waals surface area contributed by atoms with Crippen LogP contribution in [-0.4, -0.2) is 44.0 Å². The molecule has 0 atom stereocenters. The van der Waals surface area contributed by atoms with Crippen molar-refractivity contribution in [3.63, 3.8) is 0 Å². The summed E-state index contributed by atoms with van der Waals surface area (Å²) in [5, 5.41) is 0. The molecule has 0 aromatic rings. The topological polar surface area (TPSA) is 29.5 Å². The van der Waals surface area contributed by atoms with E-state index in [-0.39, 0.29) is 0 Å². The van der Waals surface area contributed by atoms with Gasteiger partial charge < -0.3 is 4.74 Å². The van der Waals surface area contributed by atoms with Crippen LogP contribution in [0.3, 0.4) is 0 Å². The molecule has 0 amide bonds. The van der Waals surface area contributed by atoms with Crippen LogP contribution in [0.1, 0.15) is 19.3 Å². The number of piperidine rings is 1. The normalized spacial score (nSPS) is 26.4. The number of hydrogen-bond acceptors (Lipinski definition) is 3. The van der Waals surface area contributed by atoms with Crippen LogP contribution in [0.15, 0.2) is 12.2 Å². The van der Waals surface area contributed by atoms with Gasteiger partial charge in [0.15, 0.2) is 0 Å². The molecule has 2 rings (SSSR count). The number of allylic oxidation sites excluding steroid dienone is 1. The van der Waals surface area contributed by atoms with E-state index in [1.807, 2.05) is 6.08 Å². The summed E-state index contributed by atoms with van der Waals surface area (Å²) in [7, 11) is 0. The van der Waals surface area contributed by atoms with Crippen molar-refractivity contribution >= 4 is 6.29 Å². The standard InChI is InChI=1S/C12H19NO2/c14-9-2-1-6-13-7-3-12(4-8-13)5-10-15-11-12/h1-2,9H,3-8,10-11H2/b2-1+. The molecule has 2 heterocycles. The summed E-state index contributed by atoms with van der Waals surface area (Å²) in [4.78, 5) is 12.5. The lowest BCUT2D eigenvalue weighted by atomic mass is 9.78. The molecule has 3 nitrogen and oxygen atoms in total. The number of aldehydes is 1. The van der Waals surface area contributed by atoms with Gasteiger partial charge in [0.05, 0.1) is 6.61 Å². The zero-order valence-corrected chi connectivity index (χ0v) is 9.15. The monoisotopic (exact) mass is 209 g/mol. The van der Waals surface area contributed by atoms with Gasteiger partial charge in [-0.15, -0.1) is 0 Å². The highest BCUT2D eigenvalue weighted by Gasteiger charge is 2.37. The Morgan fingerprint density at radius 3 is 2.67 bits per heavy atom. The van der Waals surface area contributed by atoms with E-state index in [1.54, 1.807) is 6.08 Å². The Balaban J connectivity index is 1.76. The first-order valence-electron chi connectivity index (χ1n) is 5.75. The van der Waals surface area contributed by atoms with Gasteiger partial charge >= 0.3 is 0 Å². The summed E-state index contributed by atoms with van der Waals surface area (Å²) in [5.41, 5.74) is 0.491. The van der Waals surface area contributed by atoms with Crippen LogP contribution in [0.2, 0.25) is 0 Å². The van der Waals surface area contributed by atoms with E-state index in [9.17, 15) is 4.79 Å². The molecular formula is C12H19NO2. The maximum absolute atomic E-state index is 10.1. The van der Waals surface area contributed by atoms with E-state index in [1.165, 1.54) is 19.3 Å². The van der Waals surface area contributed by atoms with E-state index in [0.717, 1.165) is 39.1 Å². The molecule has 2 aliphatic heterocycles. The number of rotatable bonds is 3. The van der Waals surface area contributed by atoms with E-state index in [4.69, 9.17) is 4.74 Å². The summed E-state index contributed by atoms with van der Waals surface area (Å²) in [6, 6.07) is 0. The minimum absolute atomic E-state index is 0.491. The molecule has 15 heavy (non-hydrogen) atoms. The van der Waals surface area contributed by atoms with E-state index >= 15 is 0 Å². The fraction of sp³-hybridized carbons (Fsp3) is 0.750. The molecular weight excluding hydrogens is 190 g/mol. The highest BCUT2D eigenvalue weighted by Crippen LogP contribution is 2.38. The second kappa shape index (κ2) is 4.90. The lowest BCUT2D eigenvalue weighted by molar-refractivity contribution is -0.104. The second-order valence-corrected chi connectivity index (χ2v) is 4.67. The van der Waals surface area contributed by atoms with E-state index in [2.05, 4.69) is 4.90 Å². The van der Waals surface area contributed by atoms with Crippen LogP contribution in [0.4, 0.5) is 0 Å². The third-order valence-electron chi connectivity index (χ3n) is 3.68. The van der Waals surface area contributed by atoms with Crippen molar-refractivity contribution in [2.75, 3.05) is 32.8 Å². The van der Waals surface area contributed by atoms with Crippen LogP contribution < -0.4 is 0 Å². The van der Waals surface area contributed by atoms with Gasteiger partial charge in [0.1, 0.15) is 6.29 Å². The molecule has 84 valence electrons. The number of carbonyl (C=O) groups excluding carboxylic acids is 1. The molecule has 0 N–H and O–H groups in total. The zero-order chi connectivity index (χ0) is 10.6. The summed E-state index contributed by atoms with van der Waals surface area (Å²) in [6.07, 6.45) is 8.12. The lowest BCUT2D eigenvalue weighted by Gasteiger charge is -2.37. The highest BCUT2D eigenvalue weighted by atomic mass is 16.5. The molecule has 0 aliphatic carbocycles. The average molecular weight is 209 g/mol. The van der Waals surface area contributed by atoms with Crippen LogP contribution in [0, 0.1) is 5.41 Å². The van der Waals surface area contributed by atoms with Crippen molar-refractivity contribution in [3.05, 3.63) is 12.2 Å². The van der Waals surface area contributed by atoms with E-state index < -0.39 is 0 Å². The molecule has 0 bridgehead atoms. The first-order chi connectivity index (χ1) is 7.35. The predicted molar refractivity (Wildman–Crippen MR) is 58.7 cm³/mol. The van der Waals surface area contributed by atoms with Crippen molar-refractivity contribution in [3.8, 4) is 0 Å². The van der Waals surface area contributed by atoms with Gasteiger partial charge in [0.25, 0.3) is 0 Å². The Kier molecular flexibility index (Phi) is 3.54. The van der Waals surface area contributed by atoms with Gasteiger partial charge in [0, 0.05) is 13.2 Å². The van der Waals surface area contributed by atoms with Crippen LogP contribution >= 0.6 is 0 Å². The lowest BCUT2D eigenvalue weighted by Crippen LogP contribution is -2.40. The smallest absolute Gasteiger partial charge is 0.142 e. The second-order valence-electron chi connectivity index (χ2n) is 4.67. The summed E-state index contributed by atoms with van der Waals surface area (Å²) in [5.74, 6) is 0. The fourth-order valence-electron chi connectivity index (χ4n) is 2.52. The number of ether oxygens (including phenoxy) is 1. The quantitative estimate of drug-likeness (QED) is 0.517. The molecule has 0 aromatic heterocycles. The van der Waals surface area contributed by atoms with Gasteiger partial charge in [0.2, 0.25) is 0 Å². The Morgan fingerprint density at radius 2 is 2.07 bits per heavy atom. The van der Waals surface area contributed by atoms with Gasteiger partial charge in [-0.1, -0.05) is 6.08 Å². The first-order valence-corrected chi connectivity index (χ1v) is 5.75.